The highest BCUT2D eigenvalue weighted by atomic mass is 35.5. The van der Waals surface area contributed by atoms with Gasteiger partial charge in [0.25, 0.3) is 0 Å². The molecule has 0 aliphatic heterocycles. The van der Waals surface area contributed by atoms with E-state index in [-0.39, 0.29) is 10.6 Å². The number of nitrogens with one attached hydrogen (secondary N) is 1. The molecule has 0 bridgehead atoms. The minimum atomic E-state index is -0.506. The van der Waals surface area contributed by atoms with Gasteiger partial charge in [-0.15, -0.1) is 0 Å². The summed E-state index contributed by atoms with van der Waals surface area (Å²) in [5.41, 5.74) is 0.965. The molecule has 20 heavy (non-hydrogen) atoms. The molecule has 0 aliphatic carbocycles. The first kappa shape index (κ1) is 14.9. The van der Waals surface area contributed by atoms with Crippen molar-refractivity contribution in [3.8, 4) is 0 Å². The first-order chi connectivity index (χ1) is 9.51. The van der Waals surface area contributed by atoms with Crippen LogP contribution in [0.2, 0.25) is 5.02 Å². The standard InChI is InChI=1S/C15H13ClF3N/c1-20-15(11-8-10(17)3-5-13(11)18)7-9-2-4-14(19)12(16)6-9/h2-6,8,15,20H,7H2,1H3. The third-order valence-corrected chi connectivity index (χ3v) is 3.40. The van der Waals surface area contributed by atoms with Crippen LogP contribution in [0.3, 0.4) is 0 Å². The van der Waals surface area contributed by atoms with E-state index in [0.29, 0.717) is 6.42 Å². The lowest BCUT2D eigenvalue weighted by atomic mass is 9.98. The third-order valence-electron chi connectivity index (χ3n) is 3.11. The van der Waals surface area contributed by atoms with Crippen molar-refractivity contribution in [2.45, 2.75) is 12.5 Å². The topological polar surface area (TPSA) is 12.0 Å². The summed E-state index contributed by atoms with van der Waals surface area (Å²) < 4.78 is 40.1. The van der Waals surface area contributed by atoms with Gasteiger partial charge in [0.1, 0.15) is 17.5 Å². The van der Waals surface area contributed by atoms with Gasteiger partial charge in [0.2, 0.25) is 0 Å². The van der Waals surface area contributed by atoms with Crippen molar-refractivity contribution in [3.05, 3.63) is 70.0 Å². The summed E-state index contributed by atoms with van der Waals surface area (Å²) in [6, 6.07) is 7.20. The molecule has 0 saturated heterocycles. The Morgan fingerprint density at radius 2 is 1.75 bits per heavy atom. The van der Waals surface area contributed by atoms with Crippen LogP contribution in [0.15, 0.2) is 36.4 Å². The Labute approximate surface area is 120 Å². The van der Waals surface area contributed by atoms with E-state index in [1.807, 2.05) is 0 Å². The fourth-order valence-electron chi connectivity index (χ4n) is 2.05. The summed E-state index contributed by atoms with van der Waals surface area (Å²) in [5, 5.41) is 2.94. The number of halogens is 4. The maximum atomic E-state index is 13.8. The molecule has 0 aliphatic rings. The molecule has 106 valence electrons. The molecule has 0 fully saturated rings. The van der Waals surface area contributed by atoms with Gasteiger partial charge in [0, 0.05) is 11.6 Å². The molecule has 0 radical (unpaired) electrons. The summed E-state index contributed by atoms with van der Waals surface area (Å²) in [6.45, 7) is 0. The predicted molar refractivity (Wildman–Crippen MR) is 73.3 cm³/mol. The first-order valence-corrected chi connectivity index (χ1v) is 6.45. The molecule has 2 aromatic rings. The Kier molecular flexibility index (Phi) is 4.68. The lowest BCUT2D eigenvalue weighted by Gasteiger charge is -2.18. The largest absolute Gasteiger partial charge is 0.313 e. The molecule has 2 rings (SSSR count). The van der Waals surface area contributed by atoms with E-state index in [2.05, 4.69) is 5.32 Å². The maximum absolute atomic E-state index is 13.8. The van der Waals surface area contributed by atoms with E-state index in [1.165, 1.54) is 12.1 Å². The van der Waals surface area contributed by atoms with E-state index in [1.54, 1.807) is 13.1 Å². The smallest absolute Gasteiger partial charge is 0.141 e. The third kappa shape index (κ3) is 3.32. The van der Waals surface area contributed by atoms with Crippen LogP contribution in [0.5, 0.6) is 0 Å². The van der Waals surface area contributed by atoms with Crippen LogP contribution in [0, 0.1) is 17.5 Å². The van der Waals surface area contributed by atoms with E-state index in [4.69, 9.17) is 11.6 Å². The zero-order valence-corrected chi connectivity index (χ0v) is 11.5. The molecular formula is C15H13ClF3N. The molecule has 1 atom stereocenters. The average Bonchev–Trinajstić information content (AvgIpc) is 2.43. The van der Waals surface area contributed by atoms with Gasteiger partial charge >= 0.3 is 0 Å². The van der Waals surface area contributed by atoms with E-state index in [0.717, 1.165) is 23.8 Å². The van der Waals surface area contributed by atoms with Crippen LogP contribution in [0.1, 0.15) is 17.2 Å². The molecule has 0 saturated carbocycles. The second-order valence-corrected chi connectivity index (χ2v) is 4.87. The highest BCUT2D eigenvalue weighted by molar-refractivity contribution is 6.30. The zero-order valence-electron chi connectivity index (χ0n) is 10.8. The zero-order chi connectivity index (χ0) is 14.7. The molecule has 1 N–H and O–H groups in total. The Morgan fingerprint density at radius 3 is 2.40 bits per heavy atom. The highest BCUT2D eigenvalue weighted by Crippen LogP contribution is 2.24. The van der Waals surface area contributed by atoms with Gasteiger partial charge in [0.15, 0.2) is 0 Å². The minimum absolute atomic E-state index is 0.0112. The quantitative estimate of drug-likeness (QED) is 0.889. The molecular weight excluding hydrogens is 287 g/mol. The van der Waals surface area contributed by atoms with Gasteiger partial charge < -0.3 is 5.32 Å². The van der Waals surface area contributed by atoms with Gasteiger partial charge in [-0.2, -0.15) is 0 Å². The predicted octanol–water partition coefficient (Wildman–Crippen LogP) is 4.26. The van der Waals surface area contributed by atoms with Crippen LogP contribution < -0.4 is 5.32 Å². The fraction of sp³-hybridized carbons (Fsp3) is 0.200. The normalized spacial score (nSPS) is 12.4. The van der Waals surface area contributed by atoms with Gasteiger partial charge in [0.05, 0.1) is 5.02 Å². The SMILES string of the molecule is CNC(Cc1ccc(F)c(Cl)c1)c1cc(F)ccc1F. The van der Waals surface area contributed by atoms with Gasteiger partial charge in [-0.05, 0) is 49.4 Å². The van der Waals surface area contributed by atoms with Gasteiger partial charge in [-0.25, -0.2) is 13.2 Å². The molecule has 5 heteroatoms. The molecule has 1 unspecified atom stereocenters. The van der Waals surface area contributed by atoms with Crippen LogP contribution >= 0.6 is 11.6 Å². The summed E-state index contributed by atoms with van der Waals surface area (Å²) in [6.07, 6.45) is 0.372. The summed E-state index contributed by atoms with van der Waals surface area (Å²) >= 11 is 5.71. The Morgan fingerprint density at radius 1 is 1.05 bits per heavy atom. The lowest BCUT2D eigenvalue weighted by Crippen LogP contribution is -2.20. The van der Waals surface area contributed by atoms with E-state index >= 15 is 0 Å². The molecule has 0 amide bonds. The van der Waals surface area contributed by atoms with E-state index in [9.17, 15) is 13.2 Å². The Hall–Kier alpha value is -1.52. The number of likely N-dealkylation sites (N-methyl/N-ethyl adjacent to an activating group) is 1. The second-order valence-electron chi connectivity index (χ2n) is 4.46. The summed E-state index contributed by atoms with van der Waals surface area (Å²) in [4.78, 5) is 0. The number of benzene rings is 2. The Bertz CT molecular complexity index is 616. The van der Waals surface area contributed by atoms with Crippen LogP contribution in [-0.4, -0.2) is 7.05 Å². The molecule has 0 heterocycles. The van der Waals surface area contributed by atoms with Crippen molar-refractivity contribution in [1.29, 1.82) is 0 Å². The number of hydrogen-bond acceptors (Lipinski definition) is 1. The van der Waals surface area contributed by atoms with Gasteiger partial charge in [-0.1, -0.05) is 17.7 Å². The fourth-order valence-corrected chi connectivity index (χ4v) is 2.25. The average molecular weight is 300 g/mol. The van der Waals surface area contributed by atoms with Crippen LogP contribution in [-0.2, 0) is 6.42 Å². The van der Waals surface area contributed by atoms with Crippen molar-refractivity contribution in [2.75, 3.05) is 7.05 Å². The molecule has 2 aromatic carbocycles. The first-order valence-electron chi connectivity index (χ1n) is 6.07. The summed E-state index contributed by atoms with van der Waals surface area (Å²) in [7, 11) is 1.65. The van der Waals surface area contributed by atoms with Crippen molar-refractivity contribution in [2.24, 2.45) is 0 Å². The number of hydrogen-bond donors (Lipinski definition) is 1. The van der Waals surface area contributed by atoms with Crippen molar-refractivity contribution in [3.63, 3.8) is 0 Å². The highest BCUT2D eigenvalue weighted by Gasteiger charge is 2.16. The van der Waals surface area contributed by atoms with Crippen LogP contribution in [0.4, 0.5) is 13.2 Å². The van der Waals surface area contributed by atoms with Crippen molar-refractivity contribution >= 4 is 11.6 Å². The number of rotatable bonds is 4. The van der Waals surface area contributed by atoms with Crippen molar-refractivity contribution in [1.82, 2.24) is 5.32 Å². The summed E-state index contributed by atoms with van der Waals surface area (Å²) in [5.74, 6) is -1.49. The van der Waals surface area contributed by atoms with Gasteiger partial charge in [-0.3, -0.25) is 0 Å². The Balaban J connectivity index is 2.28. The monoisotopic (exact) mass is 299 g/mol. The van der Waals surface area contributed by atoms with Crippen LogP contribution in [0.25, 0.3) is 0 Å². The molecule has 0 aromatic heterocycles. The molecule has 1 nitrogen and oxygen atoms in total. The maximum Gasteiger partial charge on any atom is 0.141 e. The second kappa shape index (κ2) is 6.29. The van der Waals surface area contributed by atoms with E-state index < -0.39 is 23.5 Å². The minimum Gasteiger partial charge on any atom is -0.313 e. The molecule has 0 spiro atoms. The lowest BCUT2D eigenvalue weighted by molar-refractivity contribution is 0.522. The van der Waals surface area contributed by atoms with Crippen molar-refractivity contribution < 1.29 is 13.2 Å².